The largest absolute Gasteiger partial charge is 0.495 e. The zero-order chi connectivity index (χ0) is 14.4. The SMILES string of the molecule is COc1ccccc1NC(=S)Nc1ccccc1CO. The summed E-state index contributed by atoms with van der Waals surface area (Å²) in [6.07, 6.45) is 0. The number of methoxy groups -OCH3 is 1. The molecular weight excluding hydrogens is 272 g/mol. The molecule has 0 fully saturated rings. The number of aliphatic hydroxyl groups is 1. The van der Waals surface area contributed by atoms with Crippen LogP contribution in [-0.2, 0) is 6.61 Å². The third-order valence-corrected chi connectivity index (χ3v) is 3.00. The fraction of sp³-hybridized carbons (Fsp3) is 0.133. The van der Waals surface area contributed by atoms with Gasteiger partial charge in [0.15, 0.2) is 5.11 Å². The standard InChI is InChI=1S/C15H16N2O2S/c1-19-14-9-5-4-8-13(14)17-15(20)16-12-7-3-2-6-11(12)10-18/h2-9,18H,10H2,1H3,(H2,16,17,20). The first-order valence-electron chi connectivity index (χ1n) is 6.14. The highest BCUT2D eigenvalue weighted by atomic mass is 32.1. The summed E-state index contributed by atoms with van der Waals surface area (Å²) in [6.45, 7) is -0.0412. The zero-order valence-electron chi connectivity index (χ0n) is 11.1. The van der Waals surface area contributed by atoms with Crippen molar-refractivity contribution in [1.29, 1.82) is 0 Å². The lowest BCUT2D eigenvalue weighted by molar-refractivity contribution is 0.282. The minimum atomic E-state index is -0.0412. The van der Waals surface area contributed by atoms with E-state index in [-0.39, 0.29) is 6.61 Å². The van der Waals surface area contributed by atoms with Gasteiger partial charge in [-0.05, 0) is 30.4 Å². The second-order valence-corrected chi connectivity index (χ2v) is 4.50. The van der Waals surface area contributed by atoms with E-state index in [1.54, 1.807) is 7.11 Å². The molecule has 0 bridgehead atoms. The molecule has 4 nitrogen and oxygen atoms in total. The van der Waals surface area contributed by atoms with Crippen LogP contribution < -0.4 is 15.4 Å². The molecule has 0 saturated carbocycles. The molecule has 0 heterocycles. The maximum absolute atomic E-state index is 9.28. The highest BCUT2D eigenvalue weighted by Gasteiger charge is 2.06. The normalized spacial score (nSPS) is 9.90. The summed E-state index contributed by atoms with van der Waals surface area (Å²) in [4.78, 5) is 0. The minimum Gasteiger partial charge on any atom is -0.495 e. The van der Waals surface area contributed by atoms with E-state index in [1.807, 2.05) is 48.5 Å². The molecule has 104 valence electrons. The van der Waals surface area contributed by atoms with E-state index < -0.39 is 0 Å². The maximum Gasteiger partial charge on any atom is 0.175 e. The molecule has 0 aliphatic heterocycles. The van der Waals surface area contributed by atoms with Crippen LogP contribution in [0.1, 0.15) is 5.56 Å². The monoisotopic (exact) mass is 288 g/mol. The topological polar surface area (TPSA) is 53.5 Å². The summed E-state index contributed by atoms with van der Waals surface area (Å²) < 4.78 is 5.25. The van der Waals surface area contributed by atoms with Crippen molar-refractivity contribution in [2.75, 3.05) is 17.7 Å². The predicted molar refractivity (Wildman–Crippen MR) is 85.2 cm³/mol. The Morgan fingerprint density at radius 3 is 2.35 bits per heavy atom. The number of hydrogen-bond donors (Lipinski definition) is 3. The maximum atomic E-state index is 9.28. The number of para-hydroxylation sites is 3. The van der Waals surface area contributed by atoms with E-state index in [9.17, 15) is 5.11 Å². The number of aliphatic hydroxyl groups excluding tert-OH is 1. The van der Waals surface area contributed by atoms with Gasteiger partial charge in [-0.2, -0.15) is 0 Å². The molecule has 0 aliphatic rings. The fourth-order valence-corrected chi connectivity index (χ4v) is 2.02. The Kier molecular flexibility index (Phi) is 4.92. The van der Waals surface area contributed by atoms with Gasteiger partial charge in [0.2, 0.25) is 0 Å². The fourth-order valence-electron chi connectivity index (χ4n) is 1.80. The van der Waals surface area contributed by atoms with Crippen LogP contribution >= 0.6 is 12.2 Å². The molecule has 0 radical (unpaired) electrons. The van der Waals surface area contributed by atoms with E-state index in [0.29, 0.717) is 10.9 Å². The van der Waals surface area contributed by atoms with Crippen LogP contribution in [0.5, 0.6) is 5.75 Å². The van der Waals surface area contributed by atoms with E-state index >= 15 is 0 Å². The Labute approximate surface area is 123 Å². The number of hydrogen-bond acceptors (Lipinski definition) is 3. The molecule has 0 aromatic heterocycles. The van der Waals surface area contributed by atoms with Crippen molar-refractivity contribution in [3.63, 3.8) is 0 Å². The molecule has 0 amide bonds. The van der Waals surface area contributed by atoms with E-state index in [2.05, 4.69) is 10.6 Å². The van der Waals surface area contributed by atoms with E-state index in [0.717, 1.165) is 16.9 Å². The van der Waals surface area contributed by atoms with E-state index in [1.165, 1.54) is 0 Å². The molecule has 0 atom stereocenters. The van der Waals surface area contributed by atoms with Gasteiger partial charge < -0.3 is 20.5 Å². The third-order valence-electron chi connectivity index (χ3n) is 2.79. The minimum absolute atomic E-state index is 0.0412. The van der Waals surface area contributed by atoms with Gasteiger partial charge >= 0.3 is 0 Å². The average Bonchev–Trinajstić information content (AvgIpc) is 2.48. The van der Waals surface area contributed by atoms with Crippen LogP contribution in [0.3, 0.4) is 0 Å². The van der Waals surface area contributed by atoms with Gasteiger partial charge in [0.25, 0.3) is 0 Å². The molecule has 20 heavy (non-hydrogen) atoms. The number of thiocarbonyl (C=S) groups is 1. The molecular formula is C15H16N2O2S. The molecule has 0 unspecified atom stereocenters. The lowest BCUT2D eigenvalue weighted by atomic mass is 10.2. The summed E-state index contributed by atoms with van der Waals surface area (Å²) in [7, 11) is 1.61. The van der Waals surface area contributed by atoms with Crippen molar-refractivity contribution in [3.05, 3.63) is 54.1 Å². The molecule has 5 heteroatoms. The molecule has 2 aromatic rings. The molecule has 2 aromatic carbocycles. The number of anilines is 2. The first-order chi connectivity index (χ1) is 9.74. The van der Waals surface area contributed by atoms with Gasteiger partial charge in [0.1, 0.15) is 5.75 Å². The quantitative estimate of drug-likeness (QED) is 0.755. The van der Waals surface area contributed by atoms with E-state index in [4.69, 9.17) is 17.0 Å². The van der Waals surface area contributed by atoms with Gasteiger partial charge in [-0.25, -0.2) is 0 Å². The van der Waals surface area contributed by atoms with Crippen molar-refractivity contribution < 1.29 is 9.84 Å². The zero-order valence-corrected chi connectivity index (χ0v) is 11.9. The highest BCUT2D eigenvalue weighted by Crippen LogP contribution is 2.23. The third kappa shape index (κ3) is 3.46. The number of ether oxygens (including phenoxy) is 1. The van der Waals surface area contributed by atoms with Gasteiger partial charge in [-0.15, -0.1) is 0 Å². The van der Waals surface area contributed by atoms with Crippen LogP contribution in [0.2, 0.25) is 0 Å². The predicted octanol–water partition coefficient (Wildman–Crippen LogP) is 3.00. The summed E-state index contributed by atoms with van der Waals surface area (Å²) >= 11 is 5.27. The average molecular weight is 288 g/mol. The van der Waals surface area contributed by atoms with Crippen LogP contribution in [0.4, 0.5) is 11.4 Å². The van der Waals surface area contributed by atoms with Crippen LogP contribution in [0.25, 0.3) is 0 Å². The Balaban J connectivity index is 2.09. The smallest absolute Gasteiger partial charge is 0.175 e. The van der Waals surface area contributed by atoms with Crippen molar-refractivity contribution in [2.45, 2.75) is 6.61 Å². The molecule has 0 spiro atoms. The second kappa shape index (κ2) is 6.88. The Morgan fingerprint density at radius 2 is 1.65 bits per heavy atom. The molecule has 0 saturated heterocycles. The van der Waals surface area contributed by atoms with Crippen LogP contribution in [0.15, 0.2) is 48.5 Å². The van der Waals surface area contributed by atoms with Gasteiger partial charge in [0, 0.05) is 11.3 Å². The Morgan fingerprint density at radius 1 is 1.05 bits per heavy atom. The number of benzene rings is 2. The Hall–Kier alpha value is -2.11. The van der Waals surface area contributed by atoms with Crippen molar-refractivity contribution >= 4 is 28.7 Å². The lowest BCUT2D eigenvalue weighted by Crippen LogP contribution is -2.20. The molecule has 0 aliphatic carbocycles. The van der Waals surface area contributed by atoms with Gasteiger partial charge in [-0.3, -0.25) is 0 Å². The first-order valence-corrected chi connectivity index (χ1v) is 6.55. The lowest BCUT2D eigenvalue weighted by Gasteiger charge is -2.14. The number of nitrogens with one attached hydrogen (secondary N) is 2. The van der Waals surface area contributed by atoms with Crippen LogP contribution in [0, 0.1) is 0 Å². The van der Waals surface area contributed by atoms with Gasteiger partial charge in [-0.1, -0.05) is 30.3 Å². The summed E-state index contributed by atoms with van der Waals surface area (Å²) in [5, 5.41) is 15.9. The second-order valence-electron chi connectivity index (χ2n) is 4.09. The summed E-state index contributed by atoms with van der Waals surface area (Å²) in [5.74, 6) is 0.715. The molecule has 3 N–H and O–H groups in total. The van der Waals surface area contributed by atoms with Crippen molar-refractivity contribution in [2.24, 2.45) is 0 Å². The van der Waals surface area contributed by atoms with Crippen LogP contribution in [-0.4, -0.2) is 17.3 Å². The Bertz CT molecular complexity index is 550. The van der Waals surface area contributed by atoms with Crippen molar-refractivity contribution in [3.8, 4) is 5.75 Å². The summed E-state index contributed by atoms with van der Waals surface area (Å²) in [6, 6.07) is 15.0. The highest BCUT2D eigenvalue weighted by molar-refractivity contribution is 7.80. The van der Waals surface area contributed by atoms with Crippen molar-refractivity contribution in [1.82, 2.24) is 0 Å². The number of rotatable bonds is 4. The molecule has 2 rings (SSSR count). The first kappa shape index (κ1) is 14.3. The van der Waals surface area contributed by atoms with Gasteiger partial charge in [0.05, 0.1) is 19.4 Å². The summed E-state index contributed by atoms with van der Waals surface area (Å²) in [5.41, 5.74) is 2.35.